The Balaban J connectivity index is 1.89. The number of imide groups is 1. The molecule has 3 rings (SSSR count). The van der Waals surface area contributed by atoms with Gasteiger partial charge in [-0.2, -0.15) is 0 Å². The fourth-order valence-electron chi connectivity index (χ4n) is 2.90. The maximum atomic E-state index is 12.8. The number of hydrogen-bond donors (Lipinski definition) is 1. The molecule has 0 aliphatic carbocycles. The first kappa shape index (κ1) is 22.7. The number of carboxylic acids is 1. The first-order chi connectivity index (χ1) is 14.8. The summed E-state index contributed by atoms with van der Waals surface area (Å²) in [6, 6.07) is 11.4. The summed E-state index contributed by atoms with van der Waals surface area (Å²) in [6.45, 7) is 3.85. The molecule has 0 radical (unpaired) electrons. The van der Waals surface area contributed by atoms with Gasteiger partial charge < -0.3 is 14.6 Å². The third-order valence-corrected chi connectivity index (χ3v) is 5.45. The van der Waals surface area contributed by atoms with Crippen LogP contribution in [0.15, 0.2) is 47.4 Å². The predicted molar refractivity (Wildman–Crippen MR) is 120 cm³/mol. The highest BCUT2D eigenvalue weighted by atomic mass is 35.5. The molecule has 1 saturated heterocycles. The molecule has 1 aliphatic heterocycles. The minimum absolute atomic E-state index is 0.248. The lowest BCUT2D eigenvalue weighted by atomic mass is 10.1. The number of nitrogens with zero attached hydrogens (tertiary/aromatic N) is 1. The molecule has 9 heteroatoms. The Morgan fingerprint density at radius 3 is 2.61 bits per heavy atom. The fourth-order valence-corrected chi connectivity index (χ4v) is 3.92. The summed E-state index contributed by atoms with van der Waals surface area (Å²) >= 11 is 6.80. The van der Waals surface area contributed by atoms with Gasteiger partial charge in [0.15, 0.2) is 17.6 Å². The third kappa shape index (κ3) is 5.21. The van der Waals surface area contributed by atoms with Crippen molar-refractivity contribution in [1.82, 2.24) is 0 Å². The summed E-state index contributed by atoms with van der Waals surface area (Å²) in [5.41, 5.74) is 1.01. The van der Waals surface area contributed by atoms with Crippen molar-refractivity contribution in [2.45, 2.75) is 26.4 Å². The SMILES string of the molecule is CCOc1cc(/C=C2/SC(=O)N(c3cccc(Cl)c3)C2=O)ccc1OC(CC)C(=O)O. The van der Waals surface area contributed by atoms with E-state index >= 15 is 0 Å². The quantitative estimate of drug-likeness (QED) is 0.538. The zero-order chi connectivity index (χ0) is 22.5. The predicted octanol–water partition coefficient (Wildman–Crippen LogP) is 5.22. The third-order valence-electron chi connectivity index (χ3n) is 4.34. The Kier molecular flexibility index (Phi) is 7.25. The minimum Gasteiger partial charge on any atom is -0.490 e. The molecule has 2 aromatic carbocycles. The number of carboxylic acid groups (broad SMARTS) is 1. The molecule has 1 N–H and O–H groups in total. The summed E-state index contributed by atoms with van der Waals surface area (Å²) < 4.78 is 11.2. The smallest absolute Gasteiger partial charge is 0.344 e. The van der Waals surface area contributed by atoms with Gasteiger partial charge in [0.25, 0.3) is 11.1 Å². The molecule has 0 saturated carbocycles. The lowest BCUT2D eigenvalue weighted by Gasteiger charge is -2.17. The highest BCUT2D eigenvalue weighted by Gasteiger charge is 2.36. The average molecular weight is 462 g/mol. The van der Waals surface area contributed by atoms with Gasteiger partial charge in [-0.1, -0.05) is 30.7 Å². The van der Waals surface area contributed by atoms with Crippen LogP contribution in [0.25, 0.3) is 6.08 Å². The molecule has 0 aromatic heterocycles. The van der Waals surface area contributed by atoms with Gasteiger partial charge in [0.1, 0.15) is 0 Å². The van der Waals surface area contributed by atoms with Crippen LogP contribution in [-0.2, 0) is 9.59 Å². The standard InChI is InChI=1S/C22H20ClNO6S/c1-3-16(21(26)27)30-17-9-8-13(10-18(17)29-4-2)11-19-20(25)24(22(28)31-19)15-7-5-6-14(23)12-15/h5-12,16H,3-4H2,1-2H3,(H,26,27)/b19-11+. The van der Waals surface area contributed by atoms with Crippen molar-refractivity contribution in [2.24, 2.45) is 0 Å². The first-order valence-electron chi connectivity index (χ1n) is 9.53. The van der Waals surface area contributed by atoms with Gasteiger partial charge in [0.2, 0.25) is 0 Å². The van der Waals surface area contributed by atoms with Gasteiger partial charge in [-0.15, -0.1) is 0 Å². The molecular formula is C22H20ClNO6S. The second-order valence-corrected chi connectivity index (χ2v) is 7.92. The number of halogens is 1. The molecule has 1 atom stereocenters. The Morgan fingerprint density at radius 2 is 1.97 bits per heavy atom. The molecule has 162 valence electrons. The van der Waals surface area contributed by atoms with Gasteiger partial charge in [0.05, 0.1) is 17.2 Å². The molecule has 2 amide bonds. The maximum Gasteiger partial charge on any atom is 0.344 e. The Bertz CT molecular complexity index is 1050. The lowest BCUT2D eigenvalue weighted by molar-refractivity contribution is -0.145. The zero-order valence-corrected chi connectivity index (χ0v) is 18.4. The van der Waals surface area contributed by atoms with Gasteiger partial charge >= 0.3 is 5.97 Å². The number of anilines is 1. The molecule has 2 aromatic rings. The van der Waals surface area contributed by atoms with E-state index in [4.69, 9.17) is 21.1 Å². The molecular weight excluding hydrogens is 442 g/mol. The van der Waals surface area contributed by atoms with Gasteiger partial charge in [-0.25, -0.2) is 9.69 Å². The molecule has 1 fully saturated rings. The molecule has 1 aliphatic rings. The topological polar surface area (TPSA) is 93.1 Å². The highest BCUT2D eigenvalue weighted by Crippen LogP contribution is 2.37. The number of aliphatic carboxylic acids is 1. The second-order valence-electron chi connectivity index (χ2n) is 6.49. The van der Waals surface area contributed by atoms with E-state index in [-0.39, 0.29) is 4.91 Å². The van der Waals surface area contributed by atoms with Crippen molar-refractivity contribution in [3.05, 3.63) is 58.0 Å². The van der Waals surface area contributed by atoms with Gasteiger partial charge in [-0.05, 0) is 67.1 Å². The highest BCUT2D eigenvalue weighted by molar-refractivity contribution is 8.19. The van der Waals surface area contributed by atoms with Crippen LogP contribution in [0.3, 0.4) is 0 Å². The number of carbonyl (C=O) groups is 3. The van der Waals surface area contributed by atoms with Crippen molar-refractivity contribution in [3.8, 4) is 11.5 Å². The lowest BCUT2D eigenvalue weighted by Crippen LogP contribution is -2.27. The Labute approximate surface area is 188 Å². The molecule has 7 nitrogen and oxygen atoms in total. The number of ether oxygens (including phenoxy) is 2. The summed E-state index contributed by atoms with van der Waals surface area (Å²) in [5.74, 6) is -0.874. The van der Waals surface area contributed by atoms with Crippen molar-refractivity contribution in [3.63, 3.8) is 0 Å². The van der Waals surface area contributed by atoms with E-state index in [1.165, 1.54) is 0 Å². The van der Waals surface area contributed by atoms with E-state index in [1.54, 1.807) is 62.4 Å². The normalized spacial score (nSPS) is 16.0. The van der Waals surface area contributed by atoms with E-state index in [0.717, 1.165) is 16.7 Å². The molecule has 1 unspecified atom stereocenters. The number of amides is 2. The van der Waals surface area contributed by atoms with Crippen LogP contribution in [0.1, 0.15) is 25.8 Å². The van der Waals surface area contributed by atoms with Crippen molar-refractivity contribution in [2.75, 3.05) is 11.5 Å². The monoisotopic (exact) mass is 461 g/mol. The van der Waals surface area contributed by atoms with Crippen LogP contribution in [0, 0.1) is 0 Å². The van der Waals surface area contributed by atoms with Crippen LogP contribution in [0.4, 0.5) is 10.5 Å². The molecule has 31 heavy (non-hydrogen) atoms. The van der Waals surface area contributed by atoms with Crippen LogP contribution >= 0.6 is 23.4 Å². The van der Waals surface area contributed by atoms with Crippen LogP contribution in [-0.4, -0.2) is 34.9 Å². The second kappa shape index (κ2) is 9.89. The zero-order valence-electron chi connectivity index (χ0n) is 16.8. The summed E-state index contributed by atoms with van der Waals surface area (Å²) in [6.07, 6.45) is 0.870. The summed E-state index contributed by atoms with van der Waals surface area (Å²) in [4.78, 5) is 37.8. The number of carbonyl (C=O) groups excluding carboxylic acids is 2. The van der Waals surface area contributed by atoms with E-state index in [0.29, 0.717) is 40.8 Å². The van der Waals surface area contributed by atoms with E-state index in [9.17, 15) is 19.5 Å². The summed E-state index contributed by atoms with van der Waals surface area (Å²) in [5, 5.41) is 9.23. The molecule has 0 bridgehead atoms. The minimum atomic E-state index is -1.07. The molecule has 0 spiro atoms. The largest absolute Gasteiger partial charge is 0.490 e. The number of hydrogen-bond acceptors (Lipinski definition) is 6. The summed E-state index contributed by atoms with van der Waals surface area (Å²) in [7, 11) is 0. The number of benzene rings is 2. The van der Waals surface area contributed by atoms with Crippen LogP contribution in [0.5, 0.6) is 11.5 Å². The van der Waals surface area contributed by atoms with E-state index in [2.05, 4.69) is 0 Å². The van der Waals surface area contributed by atoms with E-state index < -0.39 is 23.2 Å². The van der Waals surface area contributed by atoms with Crippen LogP contribution < -0.4 is 14.4 Å². The molecule has 1 heterocycles. The van der Waals surface area contributed by atoms with Gasteiger partial charge in [0, 0.05) is 5.02 Å². The Hall–Kier alpha value is -2.97. The first-order valence-corrected chi connectivity index (χ1v) is 10.7. The average Bonchev–Trinajstić information content (AvgIpc) is 3.00. The van der Waals surface area contributed by atoms with Crippen molar-refractivity contribution >= 4 is 52.2 Å². The fraction of sp³-hybridized carbons (Fsp3) is 0.227. The number of thioether (sulfide) groups is 1. The van der Waals surface area contributed by atoms with E-state index in [1.807, 2.05) is 0 Å². The Morgan fingerprint density at radius 1 is 1.19 bits per heavy atom. The van der Waals surface area contributed by atoms with Crippen molar-refractivity contribution < 1.29 is 29.0 Å². The number of rotatable bonds is 8. The van der Waals surface area contributed by atoms with Crippen molar-refractivity contribution in [1.29, 1.82) is 0 Å². The maximum absolute atomic E-state index is 12.8. The van der Waals surface area contributed by atoms with Gasteiger partial charge in [-0.3, -0.25) is 9.59 Å². The van der Waals surface area contributed by atoms with Crippen LogP contribution in [0.2, 0.25) is 5.02 Å².